The standard InChI is InChI=1S/C17H16F4N4O2S/c1-6(16(22)27)23-12(26)4-10-11-2-7(5-25(11)17(28)24-10)13-14(20)8(18)3-9(19)15(13)21/h3,6-7H,2,4-5H2,1H3,(H2,22,27)(H,23,26)(H,24,28)/t6?,7-/m0/s1. The fourth-order valence-corrected chi connectivity index (χ4v) is 3.62. The second-order valence-electron chi connectivity index (χ2n) is 6.62. The molecule has 0 radical (unpaired) electrons. The van der Waals surface area contributed by atoms with Crippen molar-refractivity contribution in [3.05, 3.63) is 51.1 Å². The van der Waals surface area contributed by atoms with Crippen molar-refractivity contribution in [3.8, 4) is 0 Å². The number of hydrogen-bond acceptors (Lipinski definition) is 3. The Balaban J connectivity index is 1.87. The summed E-state index contributed by atoms with van der Waals surface area (Å²) >= 11 is 5.17. The van der Waals surface area contributed by atoms with Crippen molar-refractivity contribution in [1.82, 2.24) is 14.9 Å². The Morgan fingerprint density at radius 2 is 1.93 bits per heavy atom. The third-order valence-corrected chi connectivity index (χ3v) is 5.04. The van der Waals surface area contributed by atoms with Gasteiger partial charge in [0.15, 0.2) is 28.0 Å². The van der Waals surface area contributed by atoms with E-state index in [1.807, 2.05) is 0 Å². The number of carbonyl (C=O) groups is 2. The number of halogens is 4. The lowest BCUT2D eigenvalue weighted by Crippen LogP contribution is -2.42. The Bertz CT molecular complexity index is 1010. The molecule has 1 aliphatic rings. The van der Waals surface area contributed by atoms with E-state index in [1.54, 1.807) is 0 Å². The number of benzene rings is 1. The summed E-state index contributed by atoms with van der Waals surface area (Å²) in [5.74, 6) is -7.95. The SMILES string of the molecule is CC(NC(=O)Cc1[nH]c(=S)n2c1C[C@H](c1c(F)c(F)cc(F)c1F)C2)C(N)=O. The van der Waals surface area contributed by atoms with Crippen LogP contribution in [0.25, 0.3) is 0 Å². The van der Waals surface area contributed by atoms with Gasteiger partial charge in [0, 0.05) is 35.5 Å². The van der Waals surface area contributed by atoms with E-state index < -0.39 is 52.6 Å². The van der Waals surface area contributed by atoms with Crippen LogP contribution in [0.1, 0.15) is 29.8 Å². The number of nitrogens with one attached hydrogen (secondary N) is 2. The number of rotatable bonds is 5. The minimum absolute atomic E-state index is 0.000702. The molecule has 0 bridgehead atoms. The molecular formula is C17H16F4N4O2S. The molecule has 2 heterocycles. The maximum Gasteiger partial charge on any atom is 0.239 e. The average Bonchev–Trinajstić information content (AvgIpc) is 3.15. The molecule has 2 amide bonds. The Morgan fingerprint density at radius 1 is 1.32 bits per heavy atom. The van der Waals surface area contributed by atoms with Gasteiger partial charge in [-0.25, -0.2) is 17.6 Å². The first-order valence-electron chi connectivity index (χ1n) is 8.32. The number of fused-ring (bicyclic) bond motifs is 1. The maximum atomic E-state index is 14.1. The predicted octanol–water partition coefficient (Wildman–Crippen LogP) is 1.97. The Hall–Kier alpha value is -2.69. The van der Waals surface area contributed by atoms with Crippen molar-refractivity contribution >= 4 is 24.0 Å². The van der Waals surface area contributed by atoms with E-state index in [4.69, 9.17) is 18.0 Å². The van der Waals surface area contributed by atoms with Crippen LogP contribution in [-0.2, 0) is 29.0 Å². The van der Waals surface area contributed by atoms with Gasteiger partial charge in [0.1, 0.15) is 6.04 Å². The molecule has 1 aliphatic heterocycles. The topological polar surface area (TPSA) is 92.9 Å². The summed E-state index contributed by atoms with van der Waals surface area (Å²) in [5.41, 5.74) is 5.29. The van der Waals surface area contributed by atoms with Gasteiger partial charge in [-0.15, -0.1) is 0 Å². The number of primary amides is 1. The van der Waals surface area contributed by atoms with Gasteiger partial charge in [0.2, 0.25) is 11.8 Å². The van der Waals surface area contributed by atoms with Crippen LogP contribution in [0.3, 0.4) is 0 Å². The Kier molecular flexibility index (Phi) is 5.28. The van der Waals surface area contributed by atoms with E-state index in [9.17, 15) is 27.2 Å². The molecule has 1 aromatic carbocycles. The molecular weight excluding hydrogens is 400 g/mol. The van der Waals surface area contributed by atoms with Crippen LogP contribution in [0.5, 0.6) is 0 Å². The lowest BCUT2D eigenvalue weighted by Gasteiger charge is -2.13. The first-order valence-corrected chi connectivity index (χ1v) is 8.73. The number of aromatic amines is 1. The van der Waals surface area contributed by atoms with Gasteiger partial charge in [-0.05, 0) is 25.6 Å². The highest BCUT2D eigenvalue weighted by Crippen LogP contribution is 2.36. The third kappa shape index (κ3) is 3.53. The maximum absolute atomic E-state index is 14.1. The second-order valence-corrected chi connectivity index (χ2v) is 7.00. The number of carbonyl (C=O) groups excluding carboxylic acids is 2. The molecule has 6 nitrogen and oxygen atoms in total. The minimum Gasteiger partial charge on any atom is -0.368 e. The van der Waals surface area contributed by atoms with E-state index in [-0.39, 0.29) is 30.2 Å². The largest absolute Gasteiger partial charge is 0.368 e. The first kappa shape index (κ1) is 20.1. The number of nitrogens with two attached hydrogens (primary N) is 1. The van der Waals surface area contributed by atoms with Gasteiger partial charge < -0.3 is 20.6 Å². The number of H-pyrrole nitrogens is 1. The van der Waals surface area contributed by atoms with Crippen LogP contribution < -0.4 is 11.1 Å². The van der Waals surface area contributed by atoms with Crippen molar-refractivity contribution in [2.24, 2.45) is 5.73 Å². The van der Waals surface area contributed by atoms with E-state index in [1.165, 1.54) is 11.5 Å². The molecule has 3 rings (SSSR count). The van der Waals surface area contributed by atoms with Crippen molar-refractivity contribution in [1.29, 1.82) is 0 Å². The van der Waals surface area contributed by atoms with E-state index in [0.29, 0.717) is 11.4 Å². The van der Waals surface area contributed by atoms with Crippen LogP contribution in [0, 0.1) is 28.0 Å². The summed E-state index contributed by atoms with van der Waals surface area (Å²) in [7, 11) is 0. The van der Waals surface area contributed by atoms with Gasteiger partial charge in [-0.2, -0.15) is 0 Å². The number of nitrogens with zero attached hydrogens (tertiary/aromatic N) is 1. The van der Waals surface area contributed by atoms with Crippen LogP contribution in [-0.4, -0.2) is 27.4 Å². The molecule has 4 N–H and O–H groups in total. The summed E-state index contributed by atoms with van der Waals surface area (Å²) in [6.45, 7) is 1.42. The third-order valence-electron chi connectivity index (χ3n) is 4.72. The van der Waals surface area contributed by atoms with Gasteiger partial charge in [0.05, 0.1) is 6.42 Å². The van der Waals surface area contributed by atoms with Crippen molar-refractivity contribution < 1.29 is 27.2 Å². The summed E-state index contributed by atoms with van der Waals surface area (Å²) in [6, 6.07) is -0.719. The van der Waals surface area contributed by atoms with E-state index in [2.05, 4.69) is 10.3 Å². The van der Waals surface area contributed by atoms with Crippen LogP contribution in [0.2, 0.25) is 0 Å². The van der Waals surface area contributed by atoms with Crippen LogP contribution in [0.4, 0.5) is 17.6 Å². The van der Waals surface area contributed by atoms with Gasteiger partial charge in [-0.3, -0.25) is 9.59 Å². The number of hydrogen-bond donors (Lipinski definition) is 3. The highest BCUT2D eigenvalue weighted by Gasteiger charge is 2.33. The molecule has 2 atom stereocenters. The zero-order valence-electron chi connectivity index (χ0n) is 14.6. The van der Waals surface area contributed by atoms with E-state index in [0.717, 1.165) is 0 Å². The zero-order chi connectivity index (χ0) is 20.7. The highest BCUT2D eigenvalue weighted by atomic mass is 32.1. The van der Waals surface area contributed by atoms with Crippen molar-refractivity contribution in [2.75, 3.05) is 0 Å². The Morgan fingerprint density at radius 3 is 2.50 bits per heavy atom. The molecule has 1 unspecified atom stereocenters. The number of amides is 2. The summed E-state index contributed by atoms with van der Waals surface area (Å²) < 4.78 is 57.1. The van der Waals surface area contributed by atoms with E-state index >= 15 is 0 Å². The number of aromatic nitrogens is 2. The fraction of sp³-hybridized carbons (Fsp3) is 0.353. The quantitative estimate of drug-likeness (QED) is 0.395. The molecule has 28 heavy (non-hydrogen) atoms. The minimum atomic E-state index is -1.48. The summed E-state index contributed by atoms with van der Waals surface area (Å²) in [5, 5.41) is 2.41. The van der Waals surface area contributed by atoms with Gasteiger partial charge in [-0.1, -0.05) is 0 Å². The summed E-state index contributed by atoms with van der Waals surface area (Å²) in [4.78, 5) is 26.0. The van der Waals surface area contributed by atoms with Crippen LogP contribution in [0.15, 0.2) is 6.07 Å². The first-order chi connectivity index (χ1) is 13.1. The Labute approximate surface area is 161 Å². The highest BCUT2D eigenvalue weighted by molar-refractivity contribution is 7.71. The smallest absolute Gasteiger partial charge is 0.239 e. The van der Waals surface area contributed by atoms with Gasteiger partial charge in [0.25, 0.3) is 0 Å². The molecule has 0 saturated heterocycles. The molecule has 0 aliphatic carbocycles. The lowest BCUT2D eigenvalue weighted by molar-refractivity contribution is -0.126. The molecule has 11 heteroatoms. The zero-order valence-corrected chi connectivity index (χ0v) is 15.4. The molecule has 1 aromatic heterocycles. The lowest BCUT2D eigenvalue weighted by atomic mass is 9.94. The van der Waals surface area contributed by atoms with Crippen molar-refractivity contribution in [3.63, 3.8) is 0 Å². The average molecular weight is 416 g/mol. The van der Waals surface area contributed by atoms with Crippen LogP contribution >= 0.6 is 12.2 Å². The molecule has 0 saturated carbocycles. The van der Waals surface area contributed by atoms with Gasteiger partial charge >= 0.3 is 0 Å². The molecule has 2 aromatic rings. The normalized spacial score (nSPS) is 16.7. The molecule has 0 spiro atoms. The summed E-state index contributed by atoms with van der Waals surface area (Å²) in [6.07, 6.45) is -0.156. The molecule has 150 valence electrons. The number of imidazole rings is 1. The monoisotopic (exact) mass is 416 g/mol. The van der Waals surface area contributed by atoms with Crippen molar-refractivity contribution in [2.45, 2.75) is 38.3 Å². The second kappa shape index (κ2) is 7.38. The predicted molar refractivity (Wildman–Crippen MR) is 92.8 cm³/mol. The molecule has 0 fully saturated rings. The fourth-order valence-electron chi connectivity index (χ4n) is 3.31.